The van der Waals surface area contributed by atoms with E-state index in [0.717, 1.165) is 4.68 Å². The molecule has 0 bridgehead atoms. The lowest BCUT2D eigenvalue weighted by atomic mass is 10.2. The molecule has 11 nitrogen and oxygen atoms in total. The molecular weight excluding hydrogens is 464 g/mol. The van der Waals surface area contributed by atoms with Gasteiger partial charge in [0, 0.05) is 12.4 Å². The highest BCUT2D eigenvalue weighted by atomic mass is 16.6. The summed E-state index contributed by atoms with van der Waals surface area (Å²) in [6, 6.07) is 7.08. The number of benzene rings is 1. The van der Waals surface area contributed by atoms with Gasteiger partial charge in [-0.05, 0) is 53.7 Å². The Hall–Kier alpha value is -4.15. The molecule has 0 aliphatic heterocycles. The predicted octanol–water partition coefficient (Wildman–Crippen LogP) is 3.25. The van der Waals surface area contributed by atoms with Crippen LogP contribution in [0.5, 0.6) is 0 Å². The lowest BCUT2D eigenvalue weighted by Gasteiger charge is -2.20. The minimum absolute atomic E-state index is 0.0472. The van der Waals surface area contributed by atoms with E-state index in [4.69, 9.17) is 9.47 Å². The molecule has 0 radical (unpaired) electrons. The van der Waals surface area contributed by atoms with E-state index in [-0.39, 0.29) is 35.5 Å². The van der Waals surface area contributed by atoms with Gasteiger partial charge in [-0.1, -0.05) is 12.1 Å². The van der Waals surface area contributed by atoms with Gasteiger partial charge in [-0.2, -0.15) is 5.10 Å². The molecule has 0 aliphatic rings. The molecule has 0 saturated heterocycles. The summed E-state index contributed by atoms with van der Waals surface area (Å²) in [5, 5.41) is 4.41. The standard InChI is InChI=1S/C25H28N6O5/c1-24(2,3)35-19(32)13-16-20-21(27-12-11-26-20)22(33)30(29-16)14-18-28-15-9-7-8-10-17(15)31(18)23(34)36-25(4,5)6/h7-12H,13-14H2,1-6H3. The SMILES string of the molecule is CC(C)(C)OC(=O)Cc1nn(Cc2nc3ccccc3n2C(=O)OC(C)(C)C)c(=O)c2nccnc12. The Kier molecular flexibility index (Phi) is 6.33. The summed E-state index contributed by atoms with van der Waals surface area (Å²) in [5.41, 5.74) is -0.388. The summed E-state index contributed by atoms with van der Waals surface area (Å²) in [6.45, 7) is 10.4. The topological polar surface area (TPSA) is 131 Å². The molecule has 4 rings (SSSR count). The van der Waals surface area contributed by atoms with Crippen LogP contribution in [0.1, 0.15) is 53.1 Å². The Morgan fingerprint density at radius 2 is 1.56 bits per heavy atom. The molecule has 0 N–H and O–H groups in total. The molecule has 0 fully saturated rings. The molecule has 1 aromatic carbocycles. The monoisotopic (exact) mass is 492 g/mol. The number of para-hydroxylation sites is 2. The number of carbonyl (C=O) groups excluding carboxylic acids is 2. The first-order valence-corrected chi connectivity index (χ1v) is 11.4. The number of carbonyl (C=O) groups is 2. The van der Waals surface area contributed by atoms with Crippen LogP contribution in [0, 0.1) is 0 Å². The molecule has 188 valence electrons. The Balaban J connectivity index is 1.82. The molecule has 0 spiro atoms. The lowest BCUT2D eigenvalue weighted by molar-refractivity contribution is -0.154. The van der Waals surface area contributed by atoms with Gasteiger partial charge in [0.2, 0.25) is 0 Å². The van der Waals surface area contributed by atoms with Gasteiger partial charge in [0.1, 0.15) is 34.8 Å². The van der Waals surface area contributed by atoms with Crippen LogP contribution in [0.3, 0.4) is 0 Å². The fourth-order valence-corrected chi connectivity index (χ4v) is 3.63. The number of hydrogen-bond donors (Lipinski definition) is 0. The van der Waals surface area contributed by atoms with Crippen LogP contribution in [0.15, 0.2) is 41.5 Å². The van der Waals surface area contributed by atoms with E-state index in [0.29, 0.717) is 11.0 Å². The van der Waals surface area contributed by atoms with Gasteiger partial charge >= 0.3 is 12.1 Å². The number of fused-ring (bicyclic) bond motifs is 2. The van der Waals surface area contributed by atoms with Gasteiger partial charge in [0.25, 0.3) is 5.56 Å². The number of hydrogen-bond acceptors (Lipinski definition) is 9. The highest BCUT2D eigenvalue weighted by molar-refractivity contribution is 5.87. The zero-order valence-electron chi connectivity index (χ0n) is 21.1. The van der Waals surface area contributed by atoms with Gasteiger partial charge in [0.05, 0.1) is 17.5 Å². The van der Waals surface area contributed by atoms with E-state index in [2.05, 4.69) is 20.1 Å². The van der Waals surface area contributed by atoms with Crippen molar-refractivity contribution in [1.29, 1.82) is 0 Å². The fraction of sp³-hybridized carbons (Fsp3) is 0.400. The van der Waals surface area contributed by atoms with Crippen molar-refractivity contribution in [3.8, 4) is 0 Å². The smallest absolute Gasteiger partial charge is 0.420 e. The molecule has 36 heavy (non-hydrogen) atoms. The van der Waals surface area contributed by atoms with E-state index >= 15 is 0 Å². The Morgan fingerprint density at radius 1 is 0.917 bits per heavy atom. The number of ether oxygens (including phenoxy) is 2. The number of esters is 1. The van der Waals surface area contributed by atoms with E-state index in [1.807, 2.05) is 0 Å². The number of aromatic nitrogens is 6. The molecule has 0 atom stereocenters. The van der Waals surface area contributed by atoms with Crippen LogP contribution in [-0.2, 0) is 27.2 Å². The molecule has 3 heterocycles. The molecule has 11 heteroatoms. The van der Waals surface area contributed by atoms with E-state index in [1.54, 1.807) is 65.8 Å². The molecule has 4 aromatic rings. The maximum Gasteiger partial charge on any atom is 0.420 e. The maximum atomic E-state index is 13.3. The Bertz CT molecular complexity index is 1520. The zero-order chi connectivity index (χ0) is 26.3. The minimum atomic E-state index is -0.742. The highest BCUT2D eigenvalue weighted by Crippen LogP contribution is 2.20. The van der Waals surface area contributed by atoms with Crippen molar-refractivity contribution in [1.82, 2.24) is 29.3 Å². The van der Waals surface area contributed by atoms with Crippen LogP contribution in [0.4, 0.5) is 4.79 Å². The van der Waals surface area contributed by atoms with Crippen LogP contribution in [0.25, 0.3) is 22.1 Å². The normalized spacial score (nSPS) is 12.2. The molecule has 0 saturated carbocycles. The second kappa shape index (κ2) is 9.14. The summed E-state index contributed by atoms with van der Waals surface area (Å²) < 4.78 is 13.5. The van der Waals surface area contributed by atoms with E-state index < -0.39 is 28.8 Å². The highest BCUT2D eigenvalue weighted by Gasteiger charge is 2.25. The summed E-state index contributed by atoms with van der Waals surface area (Å²) in [5.74, 6) is -0.278. The first-order chi connectivity index (χ1) is 16.8. The van der Waals surface area contributed by atoms with E-state index in [1.165, 1.54) is 17.0 Å². The predicted molar refractivity (Wildman–Crippen MR) is 132 cm³/mol. The largest absolute Gasteiger partial charge is 0.460 e. The van der Waals surface area contributed by atoms with Gasteiger partial charge in [-0.15, -0.1) is 0 Å². The third kappa shape index (κ3) is 5.40. The Labute approximate surface area is 207 Å². The van der Waals surface area contributed by atoms with Crippen LogP contribution < -0.4 is 5.56 Å². The quantitative estimate of drug-likeness (QED) is 0.394. The van der Waals surface area contributed by atoms with Crippen molar-refractivity contribution in [3.63, 3.8) is 0 Å². The van der Waals surface area contributed by atoms with Crippen LogP contribution in [0.2, 0.25) is 0 Å². The summed E-state index contributed by atoms with van der Waals surface area (Å²) in [6.07, 6.45) is 1.97. The number of rotatable bonds is 4. The van der Waals surface area contributed by atoms with Crippen molar-refractivity contribution < 1.29 is 19.1 Å². The van der Waals surface area contributed by atoms with E-state index in [9.17, 15) is 14.4 Å². The first kappa shape index (κ1) is 25.0. The second-order valence-corrected chi connectivity index (χ2v) is 10.3. The molecule has 3 aromatic heterocycles. The van der Waals surface area contributed by atoms with Crippen LogP contribution in [-0.4, -0.2) is 52.6 Å². The third-order valence-corrected chi connectivity index (χ3v) is 4.88. The fourth-order valence-electron chi connectivity index (χ4n) is 3.63. The van der Waals surface area contributed by atoms with Crippen molar-refractivity contribution >= 4 is 34.1 Å². The van der Waals surface area contributed by atoms with Crippen molar-refractivity contribution in [2.24, 2.45) is 0 Å². The summed E-state index contributed by atoms with van der Waals surface area (Å²) >= 11 is 0. The van der Waals surface area contributed by atoms with Gasteiger partial charge in [0.15, 0.2) is 5.52 Å². The average Bonchev–Trinajstić information content (AvgIpc) is 3.12. The van der Waals surface area contributed by atoms with Crippen molar-refractivity contribution in [3.05, 3.63) is 58.5 Å². The Morgan fingerprint density at radius 3 is 2.22 bits per heavy atom. The molecular formula is C25H28N6O5. The molecule has 0 unspecified atom stereocenters. The van der Waals surface area contributed by atoms with Crippen molar-refractivity contribution in [2.45, 2.75) is 65.7 Å². The minimum Gasteiger partial charge on any atom is -0.460 e. The molecule has 0 amide bonds. The number of nitrogens with zero attached hydrogens (tertiary/aromatic N) is 6. The maximum absolute atomic E-state index is 13.3. The lowest BCUT2D eigenvalue weighted by Crippen LogP contribution is -2.31. The second-order valence-electron chi connectivity index (χ2n) is 10.3. The number of imidazole rings is 1. The van der Waals surface area contributed by atoms with Crippen molar-refractivity contribution in [2.75, 3.05) is 0 Å². The third-order valence-electron chi connectivity index (χ3n) is 4.88. The van der Waals surface area contributed by atoms with Gasteiger partial charge in [-0.3, -0.25) is 14.6 Å². The average molecular weight is 493 g/mol. The summed E-state index contributed by atoms with van der Waals surface area (Å²) in [4.78, 5) is 51.8. The van der Waals surface area contributed by atoms with Crippen LogP contribution >= 0.6 is 0 Å². The van der Waals surface area contributed by atoms with Gasteiger partial charge in [-0.25, -0.2) is 24.0 Å². The zero-order valence-corrected chi connectivity index (χ0v) is 21.1. The molecule has 0 aliphatic carbocycles. The summed E-state index contributed by atoms with van der Waals surface area (Å²) in [7, 11) is 0. The van der Waals surface area contributed by atoms with Gasteiger partial charge < -0.3 is 9.47 Å². The first-order valence-electron chi connectivity index (χ1n) is 11.4.